The molecule has 1 aromatic rings. The summed E-state index contributed by atoms with van der Waals surface area (Å²) in [5.74, 6) is -0.873. The Hall–Kier alpha value is -1.85. The lowest BCUT2D eigenvalue weighted by Crippen LogP contribution is -2.30. The number of hydrogen-bond acceptors (Lipinski definition) is 4. The Balaban J connectivity index is 2.49. The minimum absolute atomic E-state index is 0.148. The summed E-state index contributed by atoms with van der Waals surface area (Å²) in [5.41, 5.74) is 1.19. The number of hydrogen-bond donors (Lipinski definition) is 2. The molecule has 0 atom stereocenters. The molecular weight excluding hydrogens is 210 g/mol. The summed E-state index contributed by atoms with van der Waals surface area (Å²) in [6.07, 6.45) is 1.82. The second-order valence-corrected chi connectivity index (χ2v) is 3.29. The van der Waals surface area contributed by atoms with Gasteiger partial charge >= 0.3 is 5.97 Å². The molecule has 0 aliphatic carbocycles. The fraction of sp³-hybridized carbons (Fsp3) is 0.500. The summed E-state index contributed by atoms with van der Waals surface area (Å²) < 4.78 is 4.40. The van der Waals surface area contributed by atoms with Crippen LogP contribution in [-0.2, 0) is 16.0 Å². The van der Waals surface area contributed by atoms with Crippen LogP contribution in [0.3, 0.4) is 0 Å². The molecule has 0 fully saturated rings. The van der Waals surface area contributed by atoms with E-state index < -0.39 is 5.97 Å². The van der Waals surface area contributed by atoms with Crippen LogP contribution in [0.2, 0.25) is 0 Å². The summed E-state index contributed by atoms with van der Waals surface area (Å²) in [4.78, 5) is 22.3. The SMILES string of the molecule is CCCc1cc(C(=O)NCC(=O)OC)n[nH]1. The first-order chi connectivity index (χ1) is 7.67. The molecule has 0 unspecified atom stereocenters. The van der Waals surface area contributed by atoms with Gasteiger partial charge in [0, 0.05) is 5.69 Å². The van der Waals surface area contributed by atoms with Crippen molar-refractivity contribution in [3.63, 3.8) is 0 Å². The van der Waals surface area contributed by atoms with Gasteiger partial charge in [0.25, 0.3) is 5.91 Å². The Morgan fingerprint density at radius 1 is 1.56 bits per heavy atom. The third-order valence-electron chi connectivity index (χ3n) is 2.00. The number of aryl methyl sites for hydroxylation is 1. The van der Waals surface area contributed by atoms with Gasteiger partial charge in [0.15, 0.2) is 0 Å². The van der Waals surface area contributed by atoms with Crippen molar-refractivity contribution in [1.82, 2.24) is 15.5 Å². The van der Waals surface area contributed by atoms with E-state index in [1.54, 1.807) is 6.07 Å². The number of aromatic nitrogens is 2. The molecule has 6 nitrogen and oxygen atoms in total. The predicted molar refractivity (Wildman–Crippen MR) is 56.9 cm³/mol. The second-order valence-electron chi connectivity index (χ2n) is 3.29. The first-order valence-corrected chi connectivity index (χ1v) is 5.06. The Labute approximate surface area is 93.4 Å². The van der Waals surface area contributed by atoms with Gasteiger partial charge in [-0.2, -0.15) is 5.10 Å². The van der Waals surface area contributed by atoms with E-state index in [9.17, 15) is 9.59 Å². The summed E-state index contributed by atoms with van der Waals surface area (Å²) in [7, 11) is 1.27. The molecule has 6 heteroatoms. The maximum absolute atomic E-state index is 11.5. The van der Waals surface area contributed by atoms with Crippen LogP contribution in [0.1, 0.15) is 29.5 Å². The normalized spacial score (nSPS) is 9.88. The third kappa shape index (κ3) is 3.38. The van der Waals surface area contributed by atoms with Gasteiger partial charge in [-0.1, -0.05) is 13.3 Å². The Kier molecular flexibility index (Phi) is 4.50. The van der Waals surface area contributed by atoms with Crippen LogP contribution in [0.15, 0.2) is 6.07 Å². The van der Waals surface area contributed by atoms with E-state index in [0.29, 0.717) is 0 Å². The number of amides is 1. The highest BCUT2D eigenvalue weighted by atomic mass is 16.5. The molecule has 1 aromatic heterocycles. The molecular formula is C10H15N3O3. The molecule has 2 N–H and O–H groups in total. The largest absolute Gasteiger partial charge is 0.468 e. The van der Waals surface area contributed by atoms with Gasteiger partial charge in [-0.15, -0.1) is 0 Å². The molecule has 0 aromatic carbocycles. The second kappa shape index (κ2) is 5.89. The lowest BCUT2D eigenvalue weighted by molar-refractivity contribution is -0.139. The van der Waals surface area contributed by atoms with E-state index in [-0.39, 0.29) is 18.1 Å². The summed E-state index contributed by atoms with van der Waals surface area (Å²) >= 11 is 0. The number of carbonyl (C=O) groups excluding carboxylic acids is 2. The van der Waals surface area contributed by atoms with Gasteiger partial charge in [0.2, 0.25) is 0 Å². The van der Waals surface area contributed by atoms with E-state index in [2.05, 4.69) is 20.3 Å². The minimum atomic E-state index is -0.488. The quantitative estimate of drug-likeness (QED) is 0.704. The number of H-pyrrole nitrogens is 1. The average Bonchev–Trinajstić information content (AvgIpc) is 2.74. The zero-order valence-corrected chi connectivity index (χ0v) is 9.37. The number of methoxy groups -OCH3 is 1. The molecule has 0 saturated carbocycles. The van der Waals surface area contributed by atoms with Crippen molar-refractivity contribution in [3.8, 4) is 0 Å². The monoisotopic (exact) mass is 225 g/mol. The highest BCUT2D eigenvalue weighted by molar-refractivity contribution is 5.94. The van der Waals surface area contributed by atoms with Gasteiger partial charge in [-0.05, 0) is 12.5 Å². The molecule has 0 saturated heterocycles. The summed E-state index contributed by atoms with van der Waals surface area (Å²) in [6, 6.07) is 1.68. The molecule has 0 aliphatic rings. The average molecular weight is 225 g/mol. The number of nitrogens with zero attached hydrogens (tertiary/aromatic N) is 1. The van der Waals surface area contributed by atoms with Gasteiger partial charge in [0.05, 0.1) is 7.11 Å². The number of ether oxygens (including phenoxy) is 1. The highest BCUT2D eigenvalue weighted by Crippen LogP contribution is 2.02. The van der Waals surface area contributed by atoms with Crippen molar-refractivity contribution in [2.24, 2.45) is 0 Å². The lowest BCUT2D eigenvalue weighted by atomic mass is 10.2. The van der Waals surface area contributed by atoms with E-state index in [1.807, 2.05) is 6.92 Å². The van der Waals surface area contributed by atoms with Gasteiger partial charge in [-0.3, -0.25) is 14.7 Å². The highest BCUT2D eigenvalue weighted by Gasteiger charge is 2.11. The van der Waals surface area contributed by atoms with Crippen LogP contribution in [0.25, 0.3) is 0 Å². The lowest BCUT2D eigenvalue weighted by Gasteiger charge is -2.00. The van der Waals surface area contributed by atoms with E-state index in [4.69, 9.17) is 0 Å². The number of carbonyl (C=O) groups is 2. The predicted octanol–water partition coefficient (Wildman–Crippen LogP) is 0.265. The van der Waals surface area contributed by atoms with Crippen molar-refractivity contribution < 1.29 is 14.3 Å². The molecule has 16 heavy (non-hydrogen) atoms. The fourth-order valence-electron chi connectivity index (χ4n) is 1.19. The molecule has 0 bridgehead atoms. The van der Waals surface area contributed by atoms with Crippen LogP contribution >= 0.6 is 0 Å². The smallest absolute Gasteiger partial charge is 0.325 e. The summed E-state index contributed by atoms with van der Waals surface area (Å²) in [6.45, 7) is 1.89. The van der Waals surface area contributed by atoms with Gasteiger partial charge in [0.1, 0.15) is 12.2 Å². The van der Waals surface area contributed by atoms with Crippen LogP contribution in [-0.4, -0.2) is 35.7 Å². The number of rotatable bonds is 5. The van der Waals surface area contributed by atoms with Crippen LogP contribution < -0.4 is 5.32 Å². The Morgan fingerprint density at radius 3 is 2.94 bits per heavy atom. The molecule has 1 amide bonds. The maximum Gasteiger partial charge on any atom is 0.325 e. The first kappa shape index (κ1) is 12.2. The third-order valence-corrected chi connectivity index (χ3v) is 2.00. The molecule has 1 rings (SSSR count). The van der Waals surface area contributed by atoms with Crippen molar-refractivity contribution in [2.45, 2.75) is 19.8 Å². The molecule has 0 radical (unpaired) electrons. The van der Waals surface area contributed by atoms with E-state index in [1.165, 1.54) is 7.11 Å². The number of esters is 1. The van der Waals surface area contributed by atoms with Crippen molar-refractivity contribution >= 4 is 11.9 Å². The molecule has 0 spiro atoms. The minimum Gasteiger partial charge on any atom is -0.468 e. The summed E-state index contributed by atoms with van der Waals surface area (Å²) in [5, 5.41) is 9.02. The van der Waals surface area contributed by atoms with Crippen molar-refractivity contribution in [2.75, 3.05) is 13.7 Å². The van der Waals surface area contributed by atoms with Crippen LogP contribution in [0.4, 0.5) is 0 Å². The Bertz CT molecular complexity index is 373. The van der Waals surface area contributed by atoms with Crippen molar-refractivity contribution in [3.05, 3.63) is 17.5 Å². The van der Waals surface area contributed by atoms with Crippen LogP contribution in [0.5, 0.6) is 0 Å². The zero-order valence-electron chi connectivity index (χ0n) is 9.37. The maximum atomic E-state index is 11.5. The standard InChI is InChI=1S/C10H15N3O3/c1-3-4-7-5-8(13-12-7)10(15)11-6-9(14)16-2/h5H,3-4,6H2,1-2H3,(H,11,15)(H,12,13). The van der Waals surface area contributed by atoms with Crippen molar-refractivity contribution in [1.29, 1.82) is 0 Å². The fourth-order valence-corrected chi connectivity index (χ4v) is 1.19. The zero-order chi connectivity index (χ0) is 12.0. The van der Waals surface area contributed by atoms with E-state index in [0.717, 1.165) is 18.5 Å². The van der Waals surface area contributed by atoms with Crippen LogP contribution in [0, 0.1) is 0 Å². The Morgan fingerprint density at radius 2 is 2.31 bits per heavy atom. The van der Waals surface area contributed by atoms with E-state index >= 15 is 0 Å². The molecule has 1 heterocycles. The number of nitrogens with one attached hydrogen (secondary N) is 2. The topological polar surface area (TPSA) is 84.1 Å². The number of aromatic amines is 1. The molecule has 88 valence electrons. The van der Waals surface area contributed by atoms with Gasteiger partial charge < -0.3 is 10.1 Å². The van der Waals surface area contributed by atoms with Gasteiger partial charge in [-0.25, -0.2) is 0 Å². The molecule has 0 aliphatic heterocycles. The first-order valence-electron chi connectivity index (χ1n) is 5.06.